The Morgan fingerprint density at radius 1 is 0.938 bits per heavy atom. The maximum atomic E-state index is 11.1. The summed E-state index contributed by atoms with van der Waals surface area (Å²) in [5.41, 5.74) is 6.41. The number of hydrogen-bond acceptors (Lipinski definition) is 5. The van der Waals surface area contributed by atoms with Crippen LogP contribution in [0, 0.1) is 0 Å². The Morgan fingerprint density at radius 2 is 1.50 bits per heavy atom. The molecule has 3 aromatic carbocycles. The normalized spacial score (nSPS) is 20.0. The fourth-order valence-electron chi connectivity index (χ4n) is 4.55. The molecule has 2 heterocycles. The fraction of sp³-hybridized carbons (Fsp3) is 0.280. The molecule has 0 saturated carbocycles. The second-order valence-corrected chi connectivity index (χ2v) is 12.8. The van der Waals surface area contributed by atoms with E-state index < -0.39 is 10.1 Å². The number of nitrogens with zero attached hydrogens (tertiary/aromatic N) is 1. The Bertz CT molecular complexity index is 1160. The van der Waals surface area contributed by atoms with Gasteiger partial charge in [-0.1, -0.05) is 66.7 Å². The van der Waals surface area contributed by atoms with Crippen molar-refractivity contribution in [1.82, 2.24) is 0 Å². The molecule has 4 nitrogen and oxygen atoms in total. The first-order chi connectivity index (χ1) is 15.5. The van der Waals surface area contributed by atoms with E-state index in [9.17, 15) is 8.42 Å². The van der Waals surface area contributed by atoms with Gasteiger partial charge in [-0.25, -0.2) is 0 Å². The van der Waals surface area contributed by atoms with Gasteiger partial charge in [0.25, 0.3) is 10.1 Å². The number of para-hydroxylation sites is 2. The SMILES string of the molecule is O=S(=O)(O)CCCSC1(C2c3ccccc3N(Cc3ccccc3)c3ccccc32)CS1. The molecule has 0 radical (unpaired) electrons. The van der Waals surface area contributed by atoms with Crippen molar-refractivity contribution in [2.75, 3.05) is 22.2 Å². The van der Waals surface area contributed by atoms with Gasteiger partial charge >= 0.3 is 0 Å². The van der Waals surface area contributed by atoms with Gasteiger partial charge in [-0.3, -0.25) is 4.55 Å². The monoisotopic (exact) mass is 483 g/mol. The predicted molar refractivity (Wildman–Crippen MR) is 136 cm³/mol. The topological polar surface area (TPSA) is 57.6 Å². The van der Waals surface area contributed by atoms with Crippen LogP contribution in [0.15, 0.2) is 78.9 Å². The van der Waals surface area contributed by atoms with Gasteiger partial charge in [-0.05, 0) is 41.0 Å². The van der Waals surface area contributed by atoms with Crippen LogP contribution in [0.1, 0.15) is 29.0 Å². The number of thioether (sulfide) groups is 2. The minimum Gasteiger partial charge on any atom is -0.336 e. The molecular weight excluding hydrogens is 458 g/mol. The highest BCUT2D eigenvalue weighted by Gasteiger charge is 2.54. The average molecular weight is 484 g/mol. The van der Waals surface area contributed by atoms with Crippen molar-refractivity contribution in [3.63, 3.8) is 0 Å². The third kappa shape index (κ3) is 4.44. The van der Waals surface area contributed by atoms with E-state index in [2.05, 4.69) is 77.7 Å². The lowest BCUT2D eigenvalue weighted by Crippen LogP contribution is -2.30. The highest BCUT2D eigenvalue weighted by Crippen LogP contribution is 2.66. The summed E-state index contributed by atoms with van der Waals surface area (Å²) in [5.74, 6) is 1.81. The van der Waals surface area contributed by atoms with Crippen LogP contribution < -0.4 is 4.90 Å². The highest BCUT2D eigenvalue weighted by atomic mass is 32.2. The summed E-state index contributed by atoms with van der Waals surface area (Å²) in [4.78, 5) is 2.42. The summed E-state index contributed by atoms with van der Waals surface area (Å²) in [7, 11) is -3.91. The molecular formula is C25H25NO3S3. The molecule has 0 spiro atoms. The summed E-state index contributed by atoms with van der Waals surface area (Å²) in [6, 6.07) is 27.9. The van der Waals surface area contributed by atoms with E-state index >= 15 is 0 Å². The van der Waals surface area contributed by atoms with E-state index in [0.29, 0.717) is 12.2 Å². The number of fused-ring (bicyclic) bond motifs is 2. The molecule has 5 rings (SSSR count). The first-order valence-electron chi connectivity index (χ1n) is 10.7. The molecule has 1 saturated heterocycles. The Morgan fingerprint density at radius 3 is 2.06 bits per heavy atom. The van der Waals surface area contributed by atoms with Crippen molar-refractivity contribution in [3.8, 4) is 0 Å². The van der Waals surface area contributed by atoms with Crippen LogP contribution in [0.2, 0.25) is 0 Å². The van der Waals surface area contributed by atoms with Gasteiger partial charge < -0.3 is 4.90 Å². The lowest BCUT2D eigenvalue weighted by molar-refractivity contribution is 0.482. The van der Waals surface area contributed by atoms with Crippen molar-refractivity contribution >= 4 is 45.0 Å². The molecule has 0 aromatic heterocycles. The highest BCUT2D eigenvalue weighted by molar-refractivity contribution is 8.24. The molecule has 1 atom stereocenters. The van der Waals surface area contributed by atoms with E-state index in [1.807, 2.05) is 29.6 Å². The second-order valence-electron chi connectivity index (χ2n) is 8.21. The van der Waals surface area contributed by atoms with Crippen LogP contribution in [-0.2, 0) is 16.7 Å². The minimum atomic E-state index is -3.91. The van der Waals surface area contributed by atoms with E-state index in [4.69, 9.17) is 4.55 Å². The van der Waals surface area contributed by atoms with Gasteiger partial charge in [0.05, 0.1) is 9.83 Å². The quantitative estimate of drug-likeness (QED) is 0.244. The smallest absolute Gasteiger partial charge is 0.264 e. The lowest BCUT2D eigenvalue weighted by atomic mass is 9.82. The maximum Gasteiger partial charge on any atom is 0.264 e. The first kappa shape index (κ1) is 21.9. The first-order valence-corrected chi connectivity index (χ1v) is 14.3. The molecule has 32 heavy (non-hydrogen) atoms. The Labute approximate surface area is 198 Å². The van der Waals surface area contributed by atoms with Crippen LogP contribution in [-0.4, -0.2) is 34.3 Å². The third-order valence-electron chi connectivity index (χ3n) is 6.02. The van der Waals surface area contributed by atoms with Gasteiger partial charge in [0.1, 0.15) is 0 Å². The zero-order chi connectivity index (χ0) is 22.2. The number of benzene rings is 3. The molecule has 1 fully saturated rings. The standard InChI is InChI=1S/C25H25NO3S3/c27-32(28,29)16-8-15-30-25(18-31-25)24-20-11-4-6-13-22(20)26(17-19-9-2-1-3-10-19)23-14-7-5-12-21(23)24/h1-7,9-14,24H,8,15-18H2,(H,27,28,29). The molecule has 0 bridgehead atoms. The van der Waals surface area contributed by atoms with Crippen molar-refractivity contribution in [2.45, 2.75) is 23.0 Å². The zero-order valence-corrected chi connectivity index (χ0v) is 20.0. The molecule has 7 heteroatoms. The van der Waals surface area contributed by atoms with E-state index in [0.717, 1.165) is 12.3 Å². The number of hydrogen-bond donors (Lipinski definition) is 1. The average Bonchev–Trinajstić information content (AvgIpc) is 3.57. The molecule has 3 aromatic rings. The summed E-state index contributed by atoms with van der Waals surface area (Å²) in [6.45, 7) is 0.809. The van der Waals surface area contributed by atoms with Crippen molar-refractivity contribution in [1.29, 1.82) is 0 Å². The molecule has 2 aliphatic rings. The van der Waals surface area contributed by atoms with Gasteiger partial charge in [0.15, 0.2) is 0 Å². The van der Waals surface area contributed by atoms with Crippen molar-refractivity contribution < 1.29 is 13.0 Å². The Balaban J connectivity index is 1.49. The minimum absolute atomic E-state index is 0.00423. The van der Waals surface area contributed by atoms with Gasteiger partial charge in [0, 0.05) is 29.6 Å². The molecule has 0 amide bonds. The van der Waals surface area contributed by atoms with Crippen LogP contribution in [0.25, 0.3) is 0 Å². The summed E-state index contributed by atoms with van der Waals surface area (Å²) in [6.07, 6.45) is 0.460. The zero-order valence-electron chi connectivity index (χ0n) is 17.6. The molecule has 2 aliphatic heterocycles. The predicted octanol–water partition coefficient (Wildman–Crippen LogP) is 5.92. The van der Waals surface area contributed by atoms with E-state index in [-0.39, 0.29) is 15.7 Å². The number of anilines is 2. The fourth-order valence-corrected chi connectivity index (χ4v) is 8.12. The van der Waals surface area contributed by atoms with Gasteiger partial charge in [-0.2, -0.15) is 8.42 Å². The van der Waals surface area contributed by atoms with Crippen molar-refractivity contribution in [2.24, 2.45) is 0 Å². The molecule has 0 aliphatic carbocycles. The summed E-state index contributed by atoms with van der Waals surface area (Å²) >= 11 is 3.78. The van der Waals surface area contributed by atoms with Gasteiger partial charge in [-0.15, -0.1) is 23.5 Å². The third-order valence-corrected chi connectivity index (χ3v) is 10.2. The largest absolute Gasteiger partial charge is 0.336 e. The van der Waals surface area contributed by atoms with Crippen LogP contribution in [0.5, 0.6) is 0 Å². The van der Waals surface area contributed by atoms with Crippen LogP contribution in [0.3, 0.4) is 0 Å². The molecule has 1 N–H and O–H groups in total. The molecule has 1 unspecified atom stereocenters. The summed E-state index contributed by atoms with van der Waals surface area (Å²) < 4.78 is 31.3. The van der Waals surface area contributed by atoms with E-state index in [1.165, 1.54) is 28.1 Å². The van der Waals surface area contributed by atoms with Crippen molar-refractivity contribution in [3.05, 3.63) is 95.6 Å². The van der Waals surface area contributed by atoms with Crippen LogP contribution >= 0.6 is 23.5 Å². The van der Waals surface area contributed by atoms with E-state index in [1.54, 1.807) is 0 Å². The summed E-state index contributed by atoms with van der Waals surface area (Å²) in [5, 5.41) is 0. The Kier molecular flexibility index (Phi) is 6.01. The second kappa shape index (κ2) is 8.78. The van der Waals surface area contributed by atoms with Gasteiger partial charge in [0.2, 0.25) is 0 Å². The Hall–Kier alpha value is -1.93. The molecule has 166 valence electrons. The number of rotatable bonds is 8. The van der Waals surface area contributed by atoms with Crippen LogP contribution in [0.4, 0.5) is 11.4 Å². The maximum absolute atomic E-state index is 11.1. The lowest BCUT2D eigenvalue weighted by Gasteiger charge is -2.40.